The Morgan fingerprint density at radius 1 is 1.04 bits per heavy atom. The molecule has 1 N–H and O–H groups in total. The van der Waals surface area contributed by atoms with Crippen molar-refractivity contribution < 1.29 is 4.90 Å². The highest BCUT2D eigenvalue weighted by Crippen LogP contribution is 2.37. The summed E-state index contributed by atoms with van der Waals surface area (Å²) in [5.74, 6) is 0. The molecule has 2 aliphatic rings. The SMILES string of the molecule is Cc1cccc(C[NH+]2CCCn3c4c(c5cc(C)ccc53)CCC[C@@H]42)c1. The molecule has 0 saturated heterocycles. The third-order valence-corrected chi connectivity index (χ3v) is 6.50. The summed E-state index contributed by atoms with van der Waals surface area (Å²) >= 11 is 0. The van der Waals surface area contributed by atoms with Crippen molar-refractivity contribution in [1.29, 1.82) is 0 Å². The average Bonchev–Trinajstić information content (AvgIpc) is 2.82. The van der Waals surface area contributed by atoms with E-state index in [0.29, 0.717) is 6.04 Å². The van der Waals surface area contributed by atoms with Gasteiger partial charge >= 0.3 is 0 Å². The monoisotopic (exact) mass is 345 g/mol. The van der Waals surface area contributed by atoms with Gasteiger partial charge in [0.1, 0.15) is 12.6 Å². The second-order valence-corrected chi connectivity index (χ2v) is 8.41. The summed E-state index contributed by atoms with van der Waals surface area (Å²) in [5, 5.41) is 1.53. The number of aryl methyl sites for hydroxylation is 4. The van der Waals surface area contributed by atoms with Crippen LogP contribution in [0.25, 0.3) is 10.9 Å². The Hall–Kier alpha value is -2.06. The van der Waals surface area contributed by atoms with E-state index in [1.165, 1.54) is 66.4 Å². The normalized spacial score (nSPS) is 22.2. The van der Waals surface area contributed by atoms with Crippen molar-refractivity contribution >= 4 is 10.9 Å². The Bertz CT molecular complexity index is 962. The van der Waals surface area contributed by atoms with Crippen molar-refractivity contribution in [3.63, 3.8) is 0 Å². The Morgan fingerprint density at radius 3 is 2.81 bits per heavy atom. The zero-order chi connectivity index (χ0) is 17.7. The lowest BCUT2D eigenvalue weighted by Crippen LogP contribution is -3.11. The number of aromatic nitrogens is 1. The average molecular weight is 346 g/mol. The summed E-state index contributed by atoms with van der Waals surface area (Å²) in [6.07, 6.45) is 5.21. The van der Waals surface area contributed by atoms with E-state index in [1.54, 1.807) is 16.2 Å². The van der Waals surface area contributed by atoms with Crippen molar-refractivity contribution in [3.05, 3.63) is 70.4 Å². The van der Waals surface area contributed by atoms with E-state index in [4.69, 9.17) is 0 Å². The van der Waals surface area contributed by atoms with Gasteiger partial charge < -0.3 is 9.47 Å². The first-order chi connectivity index (χ1) is 12.7. The van der Waals surface area contributed by atoms with Gasteiger partial charge in [0.25, 0.3) is 0 Å². The molecule has 2 heteroatoms. The Kier molecular flexibility index (Phi) is 3.90. The van der Waals surface area contributed by atoms with Gasteiger partial charge in [0.2, 0.25) is 0 Å². The van der Waals surface area contributed by atoms with Gasteiger partial charge in [-0.05, 0) is 44.4 Å². The van der Waals surface area contributed by atoms with Gasteiger partial charge in [-0.1, -0.05) is 41.5 Å². The molecule has 0 radical (unpaired) electrons. The zero-order valence-electron chi connectivity index (χ0n) is 16.0. The van der Waals surface area contributed by atoms with Crippen LogP contribution in [0, 0.1) is 13.8 Å². The standard InChI is InChI=1S/C24H28N2/c1-17-6-3-7-19(14-17)16-25-12-5-13-26-22-11-10-18(2)15-21(22)20-8-4-9-23(25)24(20)26/h3,6-7,10-11,14-15,23H,4-5,8-9,12-13,16H2,1-2H3/p+1/t23-/m0/s1. The van der Waals surface area contributed by atoms with Crippen LogP contribution in [0.1, 0.15) is 53.3 Å². The summed E-state index contributed by atoms with van der Waals surface area (Å²) in [7, 11) is 0. The van der Waals surface area contributed by atoms with Gasteiger partial charge in [-0.25, -0.2) is 0 Å². The Morgan fingerprint density at radius 2 is 1.92 bits per heavy atom. The number of fused-ring (bicyclic) bond motifs is 3. The second-order valence-electron chi connectivity index (χ2n) is 8.41. The number of hydrogen-bond acceptors (Lipinski definition) is 0. The molecule has 134 valence electrons. The summed E-state index contributed by atoms with van der Waals surface area (Å²) in [6.45, 7) is 8.06. The molecule has 2 heterocycles. The van der Waals surface area contributed by atoms with E-state index in [9.17, 15) is 0 Å². The molecule has 0 saturated carbocycles. The maximum Gasteiger partial charge on any atom is 0.129 e. The lowest BCUT2D eigenvalue weighted by Gasteiger charge is -2.31. The summed E-state index contributed by atoms with van der Waals surface area (Å²) in [6, 6.07) is 16.9. The van der Waals surface area contributed by atoms with Crippen LogP contribution in [0.5, 0.6) is 0 Å². The van der Waals surface area contributed by atoms with Crippen molar-refractivity contribution in [2.45, 2.75) is 58.7 Å². The third-order valence-electron chi connectivity index (χ3n) is 6.50. The lowest BCUT2D eigenvalue weighted by molar-refractivity contribution is -0.945. The van der Waals surface area contributed by atoms with Crippen LogP contribution < -0.4 is 4.90 Å². The summed E-state index contributed by atoms with van der Waals surface area (Å²) < 4.78 is 2.68. The molecule has 2 aromatic carbocycles. The van der Waals surface area contributed by atoms with Crippen molar-refractivity contribution in [2.75, 3.05) is 6.54 Å². The first kappa shape index (κ1) is 16.1. The highest BCUT2D eigenvalue weighted by Gasteiger charge is 2.36. The van der Waals surface area contributed by atoms with Crippen molar-refractivity contribution in [2.24, 2.45) is 0 Å². The molecule has 0 bridgehead atoms. The molecule has 0 spiro atoms. The largest absolute Gasteiger partial charge is 0.339 e. The zero-order valence-corrected chi connectivity index (χ0v) is 16.0. The molecule has 1 unspecified atom stereocenters. The number of quaternary nitrogens is 1. The molecule has 3 aromatic rings. The number of rotatable bonds is 2. The van der Waals surface area contributed by atoms with Gasteiger partial charge in [-0.15, -0.1) is 0 Å². The fraction of sp³-hybridized carbons (Fsp3) is 0.417. The number of benzene rings is 2. The van der Waals surface area contributed by atoms with Crippen LogP contribution in [0.4, 0.5) is 0 Å². The van der Waals surface area contributed by atoms with Crippen LogP contribution in [0.3, 0.4) is 0 Å². The minimum atomic E-state index is 0.662. The number of hydrogen-bond donors (Lipinski definition) is 1. The molecule has 5 rings (SSSR count). The molecule has 26 heavy (non-hydrogen) atoms. The molecule has 1 aliphatic carbocycles. The fourth-order valence-corrected chi connectivity index (χ4v) is 5.41. The van der Waals surface area contributed by atoms with Crippen LogP contribution in [-0.4, -0.2) is 11.1 Å². The Labute approximate surface area is 156 Å². The third kappa shape index (κ3) is 2.59. The highest BCUT2D eigenvalue weighted by molar-refractivity contribution is 5.86. The van der Waals surface area contributed by atoms with E-state index in [1.807, 2.05) is 0 Å². The predicted molar refractivity (Wildman–Crippen MR) is 108 cm³/mol. The van der Waals surface area contributed by atoms with Crippen molar-refractivity contribution in [3.8, 4) is 0 Å². The molecular weight excluding hydrogens is 316 g/mol. The van der Waals surface area contributed by atoms with Crippen molar-refractivity contribution in [1.82, 2.24) is 4.57 Å². The molecule has 1 aromatic heterocycles. The van der Waals surface area contributed by atoms with Gasteiger partial charge in [0.15, 0.2) is 0 Å². The van der Waals surface area contributed by atoms with E-state index in [0.717, 1.165) is 6.54 Å². The number of nitrogens with zero attached hydrogens (tertiary/aromatic N) is 1. The topological polar surface area (TPSA) is 9.37 Å². The maximum atomic E-state index is 2.68. The van der Waals surface area contributed by atoms with Gasteiger partial charge in [0, 0.05) is 35.9 Å². The summed E-state index contributed by atoms with van der Waals surface area (Å²) in [5.41, 5.74) is 9.06. The first-order valence-corrected chi connectivity index (χ1v) is 10.2. The van der Waals surface area contributed by atoms with Gasteiger partial charge in [-0.2, -0.15) is 0 Å². The molecule has 0 fully saturated rings. The van der Waals surface area contributed by atoms with E-state index < -0.39 is 0 Å². The minimum absolute atomic E-state index is 0.662. The molecule has 2 atom stereocenters. The highest BCUT2D eigenvalue weighted by atomic mass is 15.2. The molecule has 2 nitrogen and oxygen atoms in total. The van der Waals surface area contributed by atoms with Crippen LogP contribution in [-0.2, 0) is 19.5 Å². The first-order valence-electron chi connectivity index (χ1n) is 10.2. The molecule has 0 amide bonds. The number of nitrogens with one attached hydrogen (secondary N) is 1. The van der Waals surface area contributed by atoms with Gasteiger partial charge in [0.05, 0.1) is 12.2 Å². The van der Waals surface area contributed by atoms with Crippen LogP contribution >= 0.6 is 0 Å². The van der Waals surface area contributed by atoms with Gasteiger partial charge in [-0.3, -0.25) is 0 Å². The summed E-state index contributed by atoms with van der Waals surface area (Å²) in [4.78, 5) is 1.77. The van der Waals surface area contributed by atoms with E-state index >= 15 is 0 Å². The van der Waals surface area contributed by atoms with E-state index in [-0.39, 0.29) is 0 Å². The fourth-order valence-electron chi connectivity index (χ4n) is 5.41. The molecule has 1 aliphatic heterocycles. The minimum Gasteiger partial charge on any atom is -0.339 e. The quantitative estimate of drug-likeness (QED) is 0.715. The predicted octanol–water partition coefficient (Wildman–Crippen LogP) is 4.12. The van der Waals surface area contributed by atoms with Crippen LogP contribution in [0.15, 0.2) is 42.5 Å². The smallest absolute Gasteiger partial charge is 0.129 e. The Balaban J connectivity index is 1.60. The van der Waals surface area contributed by atoms with E-state index in [2.05, 4.69) is 60.9 Å². The second kappa shape index (κ2) is 6.28. The lowest BCUT2D eigenvalue weighted by atomic mass is 9.90. The maximum absolute atomic E-state index is 2.68. The van der Waals surface area contributed by atoms with Crippen LogP contribution in [0.2, 0.25) is 0 Å². The molecular formula is C24H29N2+.